The van der Waals surface area contributed by atoms with Crippen LogP contribution in [0.5, 0.6) is 0 Å². The first-order chi connectivity index (χ1) is 22.3. The van der Waals surface area contributed by atoms with E-state index in [0.717, 1.165) is 0 Å². The SMILES string of the molecule is Nc1nc2c(c(=O)[nH]1)N[C@H]1C(S)=C(S)[C@@H](COP(=O)([O-])O)O[C@H]1N2.Nc1nc2c(c(=O)[nH]1)N[C@H]1C([S-])=C(S)[C@@H](COP(=O)([O-])O)O[C@H]1N2.[Mg+2].[OH-].[OH-].[W]. The monoisotopic (exact) mass is 1030 g/mol. The van der Waals surface area contributed by atoms with Gasteiger partial charge in [-0.15, -0.1) is 37.9 Å². The second-order valence-corrected chi connectivity index (χ2v) is 14.3. The number of nitrogens with zero attached hydrogens (tertiary/aromatic N) is 2. The Balaban J connectivity index is 0.000000483. The molecule has 24 nitrogen and oxygen atoms in total. The van der Waals surface area contributed by atoms with E-state index in [-0.39, 0.29) is 94.9 Å². The summed E-state index contributed by atoms with van der Waals surface area (Å²) in [6.07, 6.45) is -3.33. The van der Waals surface area contributed by atoms with Crippen molar-refractivity contribution in [3.63, 3.8) is 0 Å². The van der Waals surface area contributed by atoms with Crippen molar-refractivity contribution >= 4 is 124 Å². The molecule has 2 unspecified atom stereocenters. The summed E-state index contributed by atoms with van der Waals surface area (Å²) in [5.74, 6) is 0.182. The number of nitrogen functional groups attached to an aromatic ring is 2. The molecular weight excluding hydrogens is 1000 g/mol. The van der Waals surface area contributed by atoms with E-state index < -0.39 is 76.7 Å². The van der Waals surface area contributed by atoms with E-state index in [0.29, 0.717) is 14.7 Å². The van der Waals surface area contributed by atoms with Crippen LogP contribution in [0.1, 0.15) is 0 Å². The van der Waals surface area contributed by atoms with Gasteiger partial charge < -0.3 is 94.4 Å². The number of nitrogens with one attached hydrogen (secondary N) is 6. The average Bonchev–Trinajstić information content (AvgIpc) is 2.97. The number of anilines is 6. The van der Waals surface area contributed by atoms with Crippen molar-refractivity contribution in [1.82, 2.24) is 19.9 Å². The number of phosphoric acid groups is 2. The van der Waals surface area contributed by atoms with Crippen LogP contribution in [-0.4, -0.2) is 114 Å². The smallest absolute Gasteiger partial charge is 0.870 e. The zero-order valence-corrected chi connectivity index (χ0v) is 35.2. The molecule has 4 aliphatic rings. The predicted molar refractivity (Wildman–Crippen MR) is 187 cm³/mol. The third-order valence-corrected chi connectivity index (χ3v) is 10.1. The quantitative estimate of drug-likeness (QED) is 0.0579. The van der Waals surface area contributed by atoms with Crippen molar-refractivity contribution in [3.8, 4) is 0 Å². The van der Waals surface area contributed by atoms with Gasteiger partial charge in [-0.1, -0.05) is 0 Å². The molecule has 52 heavy (non-hydrogen) atoms. The van der Waals surface area contributed by atoms with Crippen molar-refractivity contribution in [3.05, 3.63) is 40.3 Å². The number of ether oxygens (including phenoxy) is 2. The van der Waals surface area contributed by atoms with Crippen LogP contribution in [0.3, 0.4) is 0 Å². The fourth-order valence-corrected chi connectivity index (χ4v) is 6.54. The summed E-state index contributed by atoms with van der Waals surface area (Å²) in [5, 5.41) is 11.6. The van der Waals surface area contributed by atoms with E-state index in [2.05, 4.69) is 88.1 Å². The van der Waals surface area contributed by atoms with Gasteiger partial charge in [-0.05, 0) is 4.91 Å². The molecule has 286 valence electrons. The Labute approximate surface area is 344 Å². The standard InChI is InChI=1S/2C10H14N5O6PS2.Mg.2H2O.W/c2*11-10-14-7-4(8(16)15-10)12-3-6(24)5(23)2(21-9(3)13-7)1-20-22(17,18)19;;;;/h2*2-3,9,12,23-24H,1H2,(H2,17,18,19)(H4,11,13,14,15,16);;2*1H2;/q;;+2;;;/p-5/t2*2-,3+,9-;;;;/m11..../s1. The first kappa shape index (κ1) is 48.8. The molecule has 0 aliphatic carbocycles. The normalized spacial score (nSPS) is 26.1. The predicted octanol–water partition coefficient (Wildman–Crippen LogP) is -3.46. The fourth-order valence-electron chi connectivity index (χ4n) is 4.68. The number of H-pyrrole nitrogens is 2. The third-order valence-electron chi connectivity index (χ3n) is 6.74. The number of thiol groups is 3. The van der Waals surface area contributed by atoms with Crippen molar-refractivity contribution < 1.29 is 79.2 Å². The van der Waals surface area contributed by atoms with E-state index in [1.807, 2.05) is 0 Å². The van der Waals surface area contributed by atoms with Crippen LogP contribution in [-0.2, 0) is 61.3 Å². The van der Waals surface area contributed by atoms with Gasteiger partial charge >= 0.3 is 23.1 Å². The van der Waals surface area contributed by atoms with E-state index in [1.54, 1.807) is 0 Å². The molecule has 6 heterocycles. The molecule has 14 N–H and O–H groups in total. The Morgan fingerprint density at radius 3 is 1.58 bits per heavy atom. The molecule has 4 aliphatic heterocycles. The van der Waals surface area contributed by atoms with Crippen molar-refractivity contribution in [2.24, 2.45) is 0 Å². The molecule has 2 aromatic rings. The summed E-state index contributed by atoms with van der Waals surface area (Å²) in [6.45, 7) is -0.984. The summed E-state index contributed by atoms with van der Waals surface area (Å²) in [5.41, 5.74) is 10.3. The van der Waals surface area contributed by atoms with Crippen molar-refractivity contribution in [1.29, 1.82) is 0 Å². The number of rotatable bonds is 6. The Hall–Kier alpha value is -1.18. The minimum absolute atomic E-state index is 0. The van der Waals surface area contributed by atoms with Gasteiger partial charge in [-0.25, -0.2) is 0 Å². The zero-order valence-electron chi connectivity index (χ0n) is 25.6. The minimum Gasteiger partial charge on any atom is -0.870 e. The molecule has 32 heteroatoms. The second-order valence-electron chi connectivity index (χ2n) is 10.0. The molecule has 8 atom stereocenters. The van der Waals surface area contributed by atoms with Gasteiger partial charge in [-0.3, -0.25) is 28.7 Å². The number of hydrogen-bond acceptors (Lipinski definition) is 24. The molecule has 2 aromatic heterocycles. The van der Waals surface area contributed by atoms with E-state index in [4.69, 9.17) is 43.4 Å². The van der Waals surface area contributed by atoms with Gasteiger partial charge in [0, 0.05) is 30.9 Å². The number of fused-ring (bicyclic) bond motifs is 4. The Morgan fingerprint density at radius 2 is 1.15 bits per heavy atom. The maximum atomic E-state index is 11.9. The van der Waals surface area contributed by atoms with Crippen LogP contribution in [0.15, 0.2) is 29.2 Å². The van der Waals surface area contributed by atoms with Crippen LogP contribution in [0.25, 0.3) is 0 Å². The summed E-state index contributed by atoms with van der Waals surface area (Å²) >= 11 is 18.1. The molecule has 0 fully saturated rings. The van der Waals surface area contributed by atoms with Gasteiger partial charge in [0.05, 0.1) is 19.3 Å². The largest absolute Gasteiger partial charge is 2.00 e. The molecule has 0 saturated carbocycles. The maximum Gasteiger partial charge on any atom is 2.00 e. The average molecular weight is 1030 g/mol. The third kappa shape index (κ3) is 11.4. The number of aromatic amines is 2. The summed E-state index contributed by atoms with van der Waals surface area (Å²) < 4.78 is 41.5. The Bertz CT molecular complexity index is 1770. The molecule has 0 amide bonds. The van der Waals surface area contributed by atoms with Gasteiger partial charge in [0.15, 0.2) is 24.1 Å². The topological polar surface area (TPSA) is 409 Å². The molecular formula is C20H27MgN10O14P2S4W-3. The molecule has 0 saturated heterocycles. The number of nitrogens with two attached hydrogens (primary N) is 2. The van der Waals surface area contributed by atoms with Crippen LogP contribution < -0.4 is 53.6 Å². The Kier molecular flexibility index (Phi) is 18.0. The van der Waals surface area contributed by atoms with Gasteiger partial charge in [0.2, 0.25) is 11.9 Å². The van der Waals surface area contributed by atoms with Gasteiger partial charge in [-0.2, -0.15) is 14.9 Å². The molecule has 0 bridgehead atoms. The first-order valence-electron chi connectivity index (χ1n) is 13.1. The number of aromatic nitrogens is 4. The van der Waals surface area contributed by atoms with Gasteiger partial charge in [0.1, 0.15) is 29.6 Å². The number of hydrogen-bond donors (Lipinski definition) is 13. The molecule has 6 rings (SSSR count). The summed E-state index contributed by atoms with van der Waals surface area (Å²) in [7, 11) is -9.82. The van der Waals surface area contributed by atoms with Crippen molar-refractivity contribution in [2.45, 2.75) is 36.7 Å². The molecule has 0 radical (unpaired) electrons. The van der Waals surface area contributed by atoms with Crippen LogP contribution >= 0.6 is 53.5 Å². The molecule has 0 spiro atoms. The minimum atomic E-state index is -4.91. The van der Waals surface area contributed by atoms with Crippen LogP contribution in [0.2, 0.25) is 0 Å². The number of phosphoric ester groups is 2. The summed E-state index contributed by atoms with van der Waals surface area (Å²) in [6, 6.07) is -1.18. The van der Waals surface area contributed by atoms with Crippen LogP contribution in [0, 0.1) is 0 Å². The van der Waals surface area contributed by atoms with E-state index >= 15 is 0 Å². The van der Waals surface area contributed by atoms with Crippen LogP contribution in [0.4, 0.5) is 34.9 Å². The Morgan fingerprint density at radius 1 is 0.769 bits per heavy atom. The second kappa shape index (κ2) is 19.1. The van der Waals surface area contributed by atoms with Crippen molar-refractivity contribution in [2.75, 3.05) is 45.9 Å². The fraction of sp³-hybridized carbons (Fsp3) is 0.400. The maximum absolute atomic E-state index is 11.9. The zero-order chi connectivity index (χ0) is 35.3. The molecule has 0 aromatic carbocycles. The van der Waals surface area contributed by atoms with E-state index in [1.165, 1.54) is 0 Å². The first-order valence-corrected chi connectivity index (χ1v) is 17.8. The van der Waals surface area contributed by atoms with E-state index in [9.17, 15) is 28.5 Å². The van der Waals surface area contributed by atoms with Gasteiger partial charge in [0.25, 0.3) is 26.8 Å². The summed E-state index contributed by atoms with van der Waals surface area (Å²) in [4.78, 5) is 76.6.